The number of likely N-dealkylation sites (tertiary alicyclic amines) is 1. The van der Waals surface area contributed by atoms with Gasteiger partial charge in [-0.3, -0.25) is 9.69 Å². The summed E-state index contributed by atoms with van der Waals surface area (Å²) in [4.78, 5) is 14.1. The Morgan fingerprint density at radius 3 is 2.89 bits per heavy atom. The van der Waals surface area contributed by atoms with Crippen LogP contribution >= 0.6 is 0 Å². The van der Waals surface area contributed by atoms with E-state index in [1.165, 1.54) is 11.1 Å². The summed E-state index contributed by atoms with van der Waals surface area (Å²) in [5.74, 6) is 0.0392. The first-order chi connectivity index (χ1) is 9.04. The van der Waals surface area contributed by atoms with Gasteiger partial charge in [-0.15, -0.1) is 0 Å². The Hall–Kier alpha value is -1.39. The maximum absolute atomic E-state index is 12.0. The van der Waals surface area contributed by atoms with Crippen molar-refractivity contribution in [3.63, 3.8) is 0 Å². The average Bonchev–Trinajstić information content (AvgIpc) is 2.34. The highest BCUT2D eigenvalue weighted by Crippen LogP contribution is 2.14. The molecule has 3 N–H and O–H groups in total. The van der Waals surface area contributed by atoms with Crippen LogP contribution in [-0.2, 0) is 4.79 Å². The van der Waals surface area contributed by atoms with E-state index in [4.69, 9.17) is 5.73 Å². The zero-order chi connectivity index (χ0) is 13.8. The van der Waals surface area contributed by atoms with Gasteiger partial charge in [0.1, 0.15) is 0 Å². The molecule has 1 heterocycles. The van der Waals surface area contributed by atoms with E-state index in [1.807, 2.05) is 18.2 Å². The molecule has 4 heteroatoms. The minimum absolute atomic E-state index is 0.0392. The predicted octanol–water partition coefficient (Wildman–Crippen LogP) is 1.67. The molecule has 4 nitrogen and oxygen atoms in total. The highest BCUT2D eigenvalue weighted by atomic mass is 16.2. The quantitative estimate of drug-likeness (QED) is 0.870. The molecule has 1 amide bonds. The lowest BCUT2D eigenvalue weighted by atomic mass is 10.1. The maximum Gasteiger partial charge on any atom is 0.238 e. The van der Waals surface area contributed by atoms with Crippen molar-refractivity contribution in [1.29, 1.82) is 0 Å². The van der Waals surface area contributed by atoms with E-state index in [0.29, 0.717) is 6.54 Å². The lowest BCUT2D eigenvalue weighted by Crippen LogP contribution is -2.45. The number of rotatable bonds is 3. The molecule has 0 aliphatic carbocycles. The first kappa shape index (κ1) is 14.0. The van der Waals surface area contributed by atoms with Crippen LogP contribution in [0.3, 0.4) is 0 Å². The van der Waals surface area contributed by atoms with Crippen molar-refractivity contribution >= 4 is 11.6 Å². The zero-order valence-corrected chi connectivity index (χ0v) is 11.8. The van der Waals surface area contributed by atoms with Gasteiger partial charge < -0.3 is 11.1 Å². The van der Waals surface area contributed by atoms with E-state index in [1.54, 1.807) is 0 Å². The van der Waals surface area contributed by atoms with Crippen LogP contribution < -0.4 is 11.1 Å². The molecular formula is C15H23N3O. The Kier molecular flexibility index (Phi) is 4.56. The molecule has 1 aromatic carbocycles. The number of piperidine rings is 1. The van der Waals surface area contributed by atoms with Crippen LogP contribution in [0.15, 0.2) is 18.2 Å². The number of carbonyl (C=O) groups is 1. The monoisotopic (exact) mass is 261 g/mol. The van der Waals surface area contributed by atoms with Gasteiger partial charge in [0.15, 0.2) is 0 Å². The van der Waals surface area contributed by atoms with Crippen molar-refractivity contribution in [3.05, 3.63) is 29.3 Å². The Morgan fingerprint density at radius 2 is 2.21 bits per heavy atom. The van der Waals surface area contributed by atoms with Gasteiger partial charge in [0.25, 0.3) is 0 Å². The van der Waals surface area contributed by atoms with Crippen molar-refractivity contribution in [3.8, 4) is 0 Å². The second-order valence-electron chi connectivity index (χ2n) is 5.48. The molecule has 1 fully saturated rings. The minimum atomic E-state index is 0.0392. The van der Waals surface area contributed by atoms with Crippen LogP contribution in [0.25, 0.3) is 0 Å². The predicted molar refractivity (Wildman–Crippen MR) is 78.2 cm³/mol. The summed E-state index contributed by atoms with van der Waals surface area (Å²) in [6.45, 7) is 6.33. The molecule has 1 aromatic rings. The van der Waals surface area contributed by atoms with Gasteiger partial charge in [-0.25, -0.2) is 0 Å². The van der Waals surface area contributed by atoms with Gasteiger partial charge in [0.05, 0.1) is 6.54 Å². The normalized spacial score (nSPS) is 20.3. The van der Waals surface area contributed by atoms with Gasteiger partial charge in [0, 0.05) is 18.3 Å². The van der Waals surface area contributed by atoms with Crippen LogP contribution in [-0.4, -0.2) is 36.5 Å². The molecule has 2 rings (SSSR count). The SMILES string of the molecule is Cc1ccc(NC(=O)CN2CCC[C@@H](N)C2)cc1C. The number of aryl methyl sites for hydroxylation is 2. The molecule has 0 spiro atoms. The highest BCUT2D eigenvalue weighted by molar-refractivity contribution is 5.92. The fourth-order valence-electron chi connectivity index (χ4n) is 2.46. The summed E-state index contributed by atoms with van der Waals surface area (Å²) in [6.07, 6.45) is 2.15. The molecule has 0 aromatic heterocycles. The number of nitrogens with zero attached hydrogens (tertiary/aromatic N) is 1. The van der Waals surface area contributed by atoms with E-state index in [9.17, 15) is 4.79 Å². The summed E-state index contributed by atoms with van der Waals surface area (Å²) >= 11 is 0. The van der Waals surface area contributed by atoms with E-state index in [2.05, 4.69) is 24.1 Å². The zero-order valence-electron chi connectivity index (χ0n) is 11.8. The Balaban J connectivity index is 1.88. The molecule has 1 atom stereocenters. The fraction of sp³-hybridized carbons (Fsp3) is 0.533. The maximum atomic E-state index is 12.0. The van der Waals surface area contributed by atoms with Crippen LogP contribution in [0.5, 0.6) is 0 Å². The average molecular weight is 261 g/mol. The van der Waals surface area contributed by atoms with E-state index in [-0.39, 0.29) is 11.9 Å². The van der Waals surface area contributed by atoms with Gasteiger partial charge in [-0.2, -0.15) is 0 Å². The number of amides is 1. The molecular weight excluding hydrogens is 238 g/mol. The largest absolute Gasteiger partial charge is 0.327 e. The Bertz CT molecular complexity index is 459. The number of nitrogens with two attached hydrogens (primary N) is 1. The van der Waals surface area contributed by atoms with Crippen molar-refractivity contribution < 1.29 is 4.79 Å². The van der Waals surface area contributed by atoms with Crippen LogP contribution in [0, 0.1) is 13.8 Å². The molecule has 1 aliphatic rings. The van der Waals surface area contributed by atoms with Crippen LogP contribution in [0.4, 0.5) is 5.69 Å². The van der Waals surface area contributed by atoms with E-state index < -0.39 is 0 Å². The van der Waals surface area contributed by atoms with Gasteiger partial charge in [-0.05, 0) is 56.5 Å². The lowest BCUT2D eigenvalue weighted by Gasteiger charge is -2.29. The van der Waals surface area contributed by atoms with Crippen molar-refractivity contribution in [1.82, 2.24) is 4.90 Å². The van der Waals surface area contributed by atoms with Crippen molar-refractivity contribution in [2.45, 2.75) is 32.7 Å². The first-order valence-corrected chi connectivity index (χ1v) is 6.89. The van der Waals surface area contributed by atoms with E-state index in [0.717, 1.165) is 31.6 Å². The molecule has 0 radical (unpaired) electrons. The van der Waals surface area contributed by atoms with Crippen molar-refractivity contribution in [2.24, 2.45) is 5.73 Å². The summed E-state index contributed by atoms with van der Waals surface area (Å²) in [6, 6.07) is 6.20. The van der Waals surface area contributed by atoms with Crippen LogP contribution in [0.1, 0.15) is 24.0 Å². The third-order valence-corrected chi connectivity index (χ3v) is 3.70. The first-order valence-electron chi connectivity index (χ1n) is 6.89. The van der Waals surface area contributed by atoms with Gasteiger partial charge >= 0.3 is 0 Å². The highest BCUT2D eigenvalue weighted by Gasteiger charge is 2.18. The summed E-state index contributed by atoms with van der Waals surface area (Å²) in [7, 11) is 0. The van der Waals surface area contributed by atoms with Crippen molar-refractivity contribution in [2.75, 3.05) is 25.0 Å². The molecule has 0 unspecified atom stereocenters. The minimum Gasteiger partial charge on any atom is -0.327 e. The molecule has 104 valence electrons. The van der Waals surface area contributed by atoms with Gasteiger partial charge in [0.2, 0.25) is 5.91 Å². The topological polar surface area (TPSA) is 58.4 Å². The number of hydrogen-bond donors (Lipinski definition) is 2. The number of carbonyl (C=O) groups excluding carboxylic acids is 1. The fourth-order valence-corrected chi connectivity index (χ4v) is 2.46. The van der Waals surface area contributed by atoms with E-state index >= 15 is 0 Å². The van der Waals surface area contributed by atoms with Gasteiger partial charge in [-0.1, -0.05) is 6.07 Å². The molecule has 19 heavy (non-hydrogen) atoms. The number of anilines is 1. The second-order valence-corrected chi connectivity index (χ2v) is 5.48. The molecule has 0 saturated carbocycles. The lowest BCUT2D eigenvalue weighted by molar-refractivity contribution is -0.117. The summed E-state index contributed by atoms with van der Waals surface area (Å²) in [5, 5.41) is 2.95. The summed E-state index contributed by atoms with van der Waals surface area (Å²) < 4.78 is 0. The third kappa shape index (κ3) is 4.04. The molecule has 1 aliphatic heterocycles. The number of nitrogens with one attached hydrogen (secondary N) is 1. The second kappa shape index (κ2) is 6.17. The number of hydrogen-bond acceptors (Lipinski definition) is 3. The molecule has 0 bridgehead atoms. The Morgan fingerprint density at radius 1 is 1.42 bits per heavy atom. The van der Waals surface area contributed by atoms with Crippen LogP contribution in [0.2, 0.25) is 0 Å². The summed E-state index contributed by atoms with van der Waals surface area (Å²) in [5.41, 5.74) is 9.21. The molecule has 1 saturated heterocycles. The smallest absolute Gasteiger partial charge is 0.238 e. The number of benzene rings is 1. The third-order valence-electron chi connectivity index (χ3n) is 3.70. The standard InChI is InChI=1S/C15H23N3O/c1-11-5-6-14(8-12(11)2)17-15(19)10-18-7-3-4-13(16)9-18/h5-6,8,13H,3-4,7,9-10,16H2,1-2H3,(H,17,19)/t13-/m1/s1. The Labute approximate surface area is 115 Å².